The number of methoxy groups -OCH3 is 1. The quantitative estimate of drug-likeness (QED) is 0.751. The second-order valence-electron chi connectivity index (χ2n) is 5.33. The number of carbonyl (C=O) groups excluding carboxylic acids is 2. The maximum absolute atomic E-state index is 12.2. The van der Waals surface area contributed by atoms with E-state index >= 15 is 0 Å². The standard InChI is InChI=1S/C16H17N5O4S/c1-25-12-5-3-2-4-11(12)18-13(23)9-26-16-19-14-10(15(24)20-16)8-17-21(14)6-7-22/h2-5,8,10,22H,6-7,9H2,1H3,(H,18,23). The maximum atomic E-state index is 12.2. The fourth-order valence-electron chi connectivity index (χ4n) is 2.42. The number of ether oxygens (including phenoxy) is 1. The Bertz CT molecular complexity index is 808. The normalized spacial score (nSPS) is 18.3. The molecule has 2 amide bonds. The van der Waals surface area contributed by atoms with Gasteiger partial charge < -0.3 is 15.2 Å². The lowest BCUT2D eigenvalue weighted by Crippen LogP contribution is -2.35. The van der Waals surface area contributed by atoms with Gasteiger partial charge >= 0.3 is 0 Å². The van der Waals surface area contributed by atoms with Crippen molar-refractivity contribution >= 4 is 46.5 Å². The van der Waals surface area contributed by atoms with Crippen LogP contribution in [0.1, 0.15) is 0 Å². The van der Waals surface area contributed by atoms with Crippen LogP contribution < -0.4 is 10.1 Å². The van der Waals surface area contributed by atoms with Crippen molar-refractivity contribution < 1.29 is 19.4 Å². The number of hydrogen-bond acceptors (Lipinski definition) is 8. The third-order valence-corrected chi connectivity index (χ3v) is 4.45. The van der Waals surface area contributed by atoms with Crippen LogP contribution in [-0.4, -0.2) is 65.2 Å². The van der Waals surface area contributed by atoms with Crippen molar-refractivity contribution in [3.8, 4) is 5.75 Å². The molecule has 0 aromatic heterocycles. The van der Waals surface area contributed by atoms with E-state index in [1.165, 1.54) is 18.3 Å². The van der Waals surface area contributed by atoms with Crippen molar-refractivity contribution in [2.24, 2.45) is 21.0 Å². The second kappa shape index (κ2) is 8.11. The highest BCUT2D eigenvalue weighted by Gasteiger charge is 2.35. The lowest BCUT2D eigenvalue weighted by Gasteiger charge is -2.19. The Balaban J connectivity index is 1.61. The molecule has 2 aliphatic heterocycles. The molecule has 3 rings (SSSR count). The van der Waals surface area contributed by atoms with Crippen molar-refractivity contribution in [2.75, 3.05) is 31.3 Å². The first-order valence-corrected chi connectivity index (χ1v) is 8.80. The Labute approximate surface area is 153 Å². The van der Waals surface area contributed by atoms with Gasteiger partial charge in [0.2, 0.25) is 5.91 Å². The average Bonchev–Trinajstić information content (AvgIpc) is 3.04. The molecule has 0 saturated heterocycles. The van der Waals surface area contributed by atoms with E-state index in [0.29, 0.717) is 17.3 Å². The lowest BCUT2D eigenvalue weighted by molar-refractivity contribution is -0.118. The van der Waals surface area contributed by atoms with Gasteiger partial charge in [-0.05, 0) is 12.1 Å². The van der Waals surface area contributed by atoms with Gasteiger partial charge in [-0.3, -0.25) is 9.59 Å². The molecule has 1 aromatic carbocycles. The minimum atomic E-state index is -0.617. The first-order chi connectivity index (χ1) is 12.6. The number of anilines is 1. The number of amides is 2. The molecule has 10 heteroatoms. The largest absolute Gasteiger partial charge is 0.495 e. The predicted octanol–water partition coefficient (Wildman–Crippen LogP) is 0.571. The highest BCUT2D eigenvalue weighted by Crippen LogP contribution is 2.24. The van der Waals surface area contributed by atoms with Gasteiger partial charge in [-0.15, -0.1) is 0 Å². The highest BCUT2D eigenvalue weighted by molar-refractivity contribution is 8.14. The number of aliphatic imine (C=N–C) groups is 2. The number of fused-ring (bicyclic) bond motifs is 1. The number of nitrogens with zero attached hydrogens (tertiary/aromatic N) is 4. The summed E-state index contributed by atoms with van der Waals surface area (Å²) in [6, 6.07) is 7.07. The van der Waals surface area contributed by atoms with E-state index in [4.69, 9.17) is 9.84 Å². The number of rotatable bonds is 6. The summed E-state index contributed by atoms with van der Waals surface area (Å²) in [5, 5.41) is 17.5. The van der Waals surface area contributed by atoms with Crippen LogP contribution in [0.3, 0.4) is 0 Å². The third-order valence-electron chi connectivity index (χ3n) is 3.61. The molecule has 2 aliphatic rings. The molecule has 0 aliphatic carbocycles. The minimum absolute atomic E-state index is 0.0342. The number of β-amino-alcohol motifs (C(OH)–C–C–N with tert-alkyl or cyclic N) is 1. The summed E-state index contributed by atoms with van der Waals surface area (Å²) in [5.74, 6) is -0.257. The zero-order valence-electron chi connectivity index (χ0n) is 14.0. The van der Waals surface area contributed by atoms with Crippen molar-refractivity contribution in [3.63, 3.8) is 0 Å². The van der Waals surface area contributed by atoms with Gasteiger partial charge in [0.25, 0.3) is 5.91 Å². The number of nitrogens with one attached hydrogen (secondary N) is 1. The van der Waals surface area contributed by atoms with Crippen molar-refractivity contribution in [3.05, 3.63) is 24.3 Å². The van der Waals surface area contributed by atoms with Crippen LogP contribution in [0.15, 0.2) is 39.4 Å². The fourth-order valence-corrected chi connectivity index (χ4v) is 3.06. The van der Waals surface area contributed by atoms with Gasteiger partial charge in [0.15, 0.2) is 5.17 Å². The molecule has 26 heavy (non-hydrogen) atoms. The van der Waals surface area contributed by atoms with Crippen molar-refractivity contribution in [1.29, 1.82) is 0 Å². The van der Waals surface area contributed by atoms with Crippen LogP contribution in [0.4, 0.5) is 5.69 Å². The Hall–Kier alpha value is -2.72. The molecule has 0 fully saturated rings. The van der Waals surface area contributed by atoms with E-state index < -0.39 is 5.92 Å². The molecule has 136 valence electrons. The molecule has 2 heterocycles. The topological polar surface area (TPSA) is 116 Å². The number of hydrogen-bond donors (Lipinski definition) is 2. The lowest BCUT2D eigenvalue weighted by atomic mass is 10.1. The molecule has 1 aromatic rings. The van der Waals surface area contributed by atoms with Gasteiger partial charge in [-0.1, -0.05) is 23.9 Å². The van der Waals surface area contributed by atoms with Crippen LogP contribution in [0.25, 0.3) is 0 Å². The Kier molecular flexibility index (Phi) is 5.64. The molecular formula is C16H17N5O4S. The smallest absolute Gasteiger partial charge is 0.264 e. The van der Waals surface area contributed by atoms with E-state index in [9.17, 15) is 9.59 Å². The van der Waals surface area contributed by atoms with Gasteiger partial charge in [-0.2, -0.15) is 10.1 Å². The first-order valence-electron chi connectivity index (χ1n) is 7.81. The summed E-state index contributed by atoms with van der Waals surface area (Å²) < 4.78 is 5.19. The van der Waals surface area contributed by atoms with Crippen LogP contribution >= 0.6 is 11.8 Å². The minimum Gasteiger partial charge on any atom is -0.495 e. The molecule has 1 unspecified atom stereocenters. The van der Waals surface area contributed by atoms with E-state index in [2.05, 4.69) is 20.4 Å². The van der Waals surface area contributed by atoms with Gasteiger partial charge in [0.05, 0.1) is 31.7 Å². The van der Waals surface area contributed by atoms with Gasteiger partial charge in [0.1, 0.15) is 17.5 Å². The molecule has 0 bridgehead atoms. The monoisotopic (exact) mass is 375 g/mol. The third kappa shape index (κ3) is 3.92. The Morgan fingerprint density at radius 2 is 2.19 bits per heavy atom. The van der Waals surface area contributed by atoms with E-state index in [0.717, 1.165) is 11.8 Å². The SMILES string of the molecule is COc1ccccc1NC(=O)CSC1=NC(=O)C2C=NN(CCO)C2=N1. The van der Waals surface area contributed by atoms with Gasteiger partial charge in [-0.25, -0.2) is 10.0 Å². The maximum Gasteiger partial charge on any atom is 0.264 e. The summed E-state index contributed by atoms with van der Waals surface area (Å²) >= 11 is 1.06. The molecule has 1 atom stereocenters. The number of hydrazone groups is 1. The number of thioether (sulfide) groups is 1. The summed E-state index contributed by atoms with van der Waals surface area (Å²) in [4.78, 5) is 32.4. The number of benzene rings is 1. The molecular weight excluding hydrogens is 358 g/mol. The van der Waals surface area contributed by atoms with Crippen molar-refractivity contribution in [1.82, 2.24) is 5.01 Å². The number of aliphatic hydroxyl groups is 1. The number of amidine groups is 2. The second-order valence-corrected chi connectivity index (χ2v) is 6.27. The van der Waals surface area contributed by atoms with Crippen LogP contribution in [0.2, 0.25) is 0 Å². The highest BCUT2D eigenvalue weighted by atomic mass is 32.2. The zero-order chi connectivity index (χ0) is 18.5. The first kappa shape index (κ1) is 18.1. The van der Waals surface area contributed by atoms with Crippen LogP contribution in [-0.2, 0) is 9.59 Å². The molecule has 9 nitrogen and oxygen atoms in total. The molecule has 0 radical (unpaired) electrons. The zero-order valence-corrected chi connectivity index (χ0v) is 14.8. The molecule has 0 saturated carbocycles. The average molecular weight is 375 g/mol. The summed E-state index contributed by atoms with van der Waals surface area (Å²) in [7, 11) is 1.52. The number of para-hydroxylation sites is 2. The number of aliphatic hydroxyl groups excluding tert-OH is 1. The predicted molar refractivity (Wildman–Crippen MR) is 99.7 cm³/mol. The number of carbonyl (C=O) groups is 2. The van der Waals surface area contributed by atoms with E-state index in [1.807, 2.05) is 0 Å². The Morgan fingerprint density at radius 3 is 2.96 bits per heavy atom. The fraction of sp³-hybridized carbons (Fsp3) is 0.312. The molecule has 2 N–H and O–H groups in total. The summed E-state index contributed by atoms with van der Waals surface area (Å²) in [6.07, 6.45) is 1.45. The Morgan fingerprint density at radius 1 is 1.38 bits per heavy atom. The summed E-state index contributed by atoms with van der Waals surface area (Å²) in [5.41, 5.74) is 0.562. The van der Waals surface area contributed by atoms with E-state index in [1.54, 1.807) is 24.3 Å². The van der Waals surface area contributed by atoms with Crippen LogP contribution in [0, 0.1) is 5.92 Å². The van der Waals surface area contributed by atoms with E-state index in [-0.39, 0.29) is 35.9 Å². The van der Waals surface area contributed by atoms with Gasteiger partial charge in [0, 0.05) is 6.21 Å². The van der Waals surface area contributed by atoms with Crippen LogP contribution in [0.5, 0.6) is 5.75 Å². The summed E-state index contributed by atoms with van der Waals surface area (Å²) in [6.45, 7) is 0.129. The molecule has 0 spiro atoms. The van der Waals surface area contributed by atoms with Crippen molar-refractivity contribution in [2.45, 2.75) is 0 Å².